The van der Waals surface area contributed by atoms with E-state index in [0.717, 1.165) is 33.0 Å². The number of nitrogens with one attached hydrogen (secondary N) is 1. The van der Waals surface area contributed by atoms with Crippen molar-refractivity contribution in [2.24, 2.45) is 0 Å². The molecule has 0 radical (unpaired) electrons. The molecule has 26 heavy (non-hydrogen) atoms. The normalized spacial score (nSPS) is 12.3. The molecule has 4 aromatic rings. The molecule has 6 heteroatoms. The number of rotatable bonds is 4. The summed E-state index contributed by atoms with van der Waals surface area (Å²) in [4.78, 5) is 19.4. The van der Waals surface area contributed by atoms with Crippen molar-refractivity contribution in [3.63, 3.8) is 0 Å². The fourth-order valence-corrected chi connectivity index (χ4v) is 3.97. The average Bonchev–Trinajstić information content (AvgIpc) is 3.00. The maximum atomic E-state index is 4.81. The van der Waals surface area contributed by atoms with Crippen LogP contribution in [0.15, 0.2) is 48.8 Å². The number of hydrogen-bond donors (Lipinski definition) is 1. The molecule has 3 heterocycles. The van der Waals surface area contributed by atoms with Gasteiger partial charge in [0.25, 0.3) is 0 Å². The zero-order valence-electron chi connectivity index (χ0n) is 14.9. The van der Waals surface area contributed by atoms with Crippen LogP contribution in [0.3, 0.4) is 0 Å². The van der Waals surface area contributed by atoms with Gasteiger partial charge in [-0.25, -0.2) is 15.0 Å². The average molecular weight is 361 g/mol. The Morgan fingerprint density at radius 1 is 0.962 bits per heavy atom. The topological polar surface area (TPSA) is 63.6 Å². The van der Waals surface area contributed by atoms with Gasteiger partial charge in [0.1, 0.15) is 5.82 Å². The molecule has 0 saturated heterocycles. The predicted molar refractivity (Wildman–Crippen MR) is 106 cm³/mol. The minimum Gasteiger partial charge on any atom is -0.362 e. The molecule has 0 aliphatic rings. The third kappa shape index (κ3) is 3.15. The molecule has 0 spiro atoms. The number of nitrogens with zero attached hydrogens (tertiary/aromatic N) is 4. The first-order chi connectivity index (χ1) is 12.6. The first-order valence-corrected chi connectivity index (χ1v) is 9.31. The number of aromatic nitrogens is 4. The molecular weight excluding hydrogens is 342 g/mol. The monoisotopic (exact) mass is 361 g/mol. The summed E-state index contributed by atoms with van der Waals surface area (Å²) in [6, 6.07) is 12.0. The molecule has 4 rings (SSSR count). The van der Waals surface area contributed by atoms with Crippen LogP contribution in [0.25, 0.3) is 22.3 Å². The maximum Gasteiger partial charge on any atom is 0.162 e. The van der Waals surface area contributed by atoms with E-state index in [-0.39, 0.29) is 6.04 Å². The number of aryl methyl sites for hydroxylation is 2. The Balaban J connectivity index is 1.79. The van der Waals surface area contributed by atoms with Gasteiger partial charge in [-0.15, -0.1) is 11.3 Å². The molecule has 0 aliphatic carbocycles. The van der Waals surface area contributed by atoms with E-state index in [2.05, 4.69) is 29.1 Å². The van der Waals surface area contributed by atoms with Gasteiger partial charge in [-0.05, 0) is 45.0 Å². The van der Waals surface area contributed by atoms with Gasteiger partial charge >= 0.3 is 0 Å². The van der Waals surface area contributed by atoms with E-state index in [9.17, 15) is 0 Å². The van der Waals surface area contributed by atoms with Crippen LogP contribution in [-0.4, -0.2) is 19.9 Å². The van der Waals surface area contributed by atoms with Crippen molar-refractivity contribution in [3.8, 4) is 11.4 Å². The second-order valence-corrected chi connectivity index (χ2v) is 7.43. The largest absolute Gasteiger partial charge is 0.362 e. The molecule has 130 valence electrons. The SMILES string of the molecule is Cc1nc(C)c([C@@H](C)Nc2nc(-c3ccncc3)nc3ccccc23)s1. The van der Waals surface area contributed by atoms with Gasteiger partial charge in [0, 0.05) is 28.2 Å². The van der Waals surface area contributed by atoms with Crippen LogP contribution < -0.4 is 5.32 Å². The fourth-order valence-electron chi connectivity index (χ4n) is 3.04. The lowest BCUT2D eigenvalue weighted by molar-refractivity contribution is 0.881. The standard InChI is InChI=1S/C20H19N5S/c1-12-18(26-14(3)22-12)13(2)23-20-16-6-4-5-7-17(16)24-19(25-20)15-8-10-21-11-9-15/h4-11,13H,1-3H3,(H,23,24,25)/t13-/m1/s1. The number of anilines is 1. The summed E-state index contributed by atoms with van der Waals surface area (Å²) >= 11 is 1.72. The lowest BCUT2D eigenvalue weighted by Crippen LogP contribution is -2.09. The van der Waals surface area contributed by atoms with E-state index in [4.69, 9.17) is 9.97 Å². The van der Waals surface area contributed by atoms with Gasteiger partial charge in [0.15, 0.2) is 5.82 Å². The predicted octanol–water partition coefficient (Wildman–Crippen LogP) is 4.94. The highest BCUT2D eigenvalue weighted by molar-refractivity contribution is 7.11. The van der Waals surface area contributed by atoms with Crippen LogP contribution >= 0.6 is 11.3 Å². The second-order valence-electron chi connectivity index (χ2n) is 6.20. The van der Waals surface area contributed by atoms with Crippen LogP contribution in [-0.2, 0) is 0 Å². The molecule has 0 amide bonds. The van der Waals surface area contributed by atoms with E-state index >= 15 is 0 Å². The molecule has 0 unspecified atom stereocenters. The van der Waals surface area contributed by atoms with Gasteiger partial charge in [0.05, 0.1) is 22.3 Å². The minimum absolute atomic E-state index is 0.116. The van der Waals surface area contributed by atoms with Crippen LogP contribution in [0.5, 0.6) is 0 Å². The van der Waals surface area contributed by atoms with Crippen LogP contribution in [0.2, 0.25) is 0 Å². The Morgan fingerprint density at radius 3 is 2.46 bits per heavy atom. The number of hydrogen-bond acceptors (Lipinski definition) is 6. The summed E-state index contributed by atoms with van der Waals surface area (Å²) in [5.74, 6) is 1.53. The summed E-state index contributed by atoms with van der Waals surface area (Å²) in [7, 11) is 0. The molecule has 1 atom stereocenters. The van der Waals surface area contributed by atoms with Crippen LogP contribution in [0.4, 0.5) is 5.82 Å². The maximum absolute atomic E-state index is 4.81. The first kappa shape index (κ1) is 16.6. The van der Waals surface area contributed by atoms with Crippen molar-refractivity contribution in [1.82, 2.24) is 19.9 Å². The molecule has 5 nitrogen and oxygen atoms in total. The van der Waals surface area contributed by atoms with Crippen LogP contribution in [0, 0.1) is 13.8 Å². The van der Waals surface area contributed by atoms with Crippen molar-refractivity contribution >= 4 is 28.1 Å². The van der Waals surface area contributed by atoms with Gasteiger partial charge in [-0.1, -0.05) is 12.1 Å². The lowest BCUT2D eigenvalue weighted by Gasteiger charge is -2.16. The highest BCUT2D eigenvalue weighted by Crippen LogP contribution is 2.30. The molecule has 0 fully saturated rings. The van der Waals surface area contributed by atoms with Gasteiger partial charge in [-0.2, -0.15) is 0 Å². The quantitative estimate of drug-likeness (QED) is 0.558. The molecule has 0 bridgehead atoms. The fraction of sp³-hybridized carbons (Fsp3) is 0.200. The van der Waals surface area contributed by atoms with Crippen molar-refractivity contribution < 1.29 is 0 Å². The van der Waals surface area contributed by atoms with E-state index < -0.39 is 0 Å². The number of fused-ring (bicyclic) bond motifs is 1. The molecule has 0 saturated carbocycles. The Kier molecular flexibility index (Phi) is 4.34. The number of benzene rings is 1. The number of pyridine rings is 1. The second kappa shape index (κ2) is 6.80. The molecular formula is C20H19N5S. The van der Waals surface area contributed by atoms with Crippen LogP contribution in [0.1, 0.15) is 28.5 Å². The van der Waals surface area contributed by atoms with E-state index in [1.807, 2.05) is 43.3 Å². The molecule has 1 N–H and O–H groups in total. The van der Waals surface area contributed by atoms with E-state index in [0.29, 0.717) is 5.82 Å². The summed E-state index contributed by atoms with van der Waals surface area (Å²) in [5, 5.41) is 5.66. The zero-order valence-corrected chi connectivity index (χ0v) is 15.7. The molecule has 0 aliphatic heterocycles. The number of thiazole rings is 1. The smallest absolute Gasteiger partial charge is 0.162 e. The molecule has 1 aromatic carbocycles. The molecule has 3 aromatic heterocycles. The summed E-state index contributed by atoms with van der Waals surface area (Å²) < 4.78 is 0. The van der Waals surface area contributed by atoms with Crippen molar-refractivity contribution in [2.45, 2.75) is 26.8 Å². The first-order valence-electron chi connectivity index (χ1n) is 8.49. The number of para-hydroxylation sites is 1. The minimum atomic E-state index is 0.116. The zero-order chi connectivity index (χ0) is 18.1. The Bertz CT molecular complexity index is 1060. The highest BCUT2D eigenvalue weighted by atomic mass is 32.1. The Morgan fingerprint density at radius 2 is 1.73 bits per heavy atom. The van der Waals surface area contributed by atoms with E-state index in [1.165, 1.54) is 4.88 Å². The lowest BCUT2D eigenvalue weighted by atomic mass is 10.2. The Hall–Kier alpha value is -2.86. The van der Waals surface area contributed by atoms with E-state index in [1.54, 1.807) is 23.7 Å². The highest BCUT2D eigenvalue weighted by Gasteiger charge is 2.16. The third-order valence-electron chi connectivity index (χ3n) is 4.23. The van der Waals surface area contributed by atoms with Crippen molar-refractivity contribution in [1.29, 1.82) is 0 Å². The Labute approximate surface area is 156 Å². The van der Waals surface area contributed by atoms with Crippen molar-refractivity contribution in [3.05, 3.63) is 64.4 Å². The van der Waals surface area contributed by atoms with Gasteiger partial charge in [-0.3, -0.25) is 4.98 Å². The van der Waals surface area contributed by atoms with Gasteiger partial charge < -0.3 is 5.32 Å². The van der Waals surface area contributed by atoms with Crippen molar-refractivity contribution in [2.75, 3.05) is 5.32 Å². The van der Waals surface area contributed by atoms with Gasteiger partial charge in [0.2, 0.25) is 0 Å². The summed E-state index contributed by atoms with van der Waals surface area (Å²) in [6.07, 6.45) is 3.51. The summed E-state index contributed by atoms with van der Waals surface area (Å²) in [6.45, 7) is 6.23. The summed E-state index contributed by atoms with van der Waals surface area (Å²) in [5.41, 5.74) is 2.94. The third-order valence-corrected chi connectivity index (χ3v) is 5.48.